The third-order valence-electron chi connectivity index (χ3n) is 2.57. The molecule has 1 aliphatic carbocycles. The summed E-state index contributed by atoms with van der Waals surface area (Å²) in [4.78, 5) is 24.0. The molecular weight excluding hydrogens is 236 g/mol. The fourth-order valence-corrected chi connectivity index (χ4v) is 2.07. The van der Waals surface area contributed by atoms with Gasteiger partial charge in [-0.3, -0.25) is 10.1 Å². The lowest BCUT2D eigenvalue weighted by molar-refractivity contribution is 0.102. The van der Waals surface area contributed by atoms with Crippen LogP contribution in [0.3, 0.4) is 0 Å². The number of thiazole rings is 1. The zero-order valence-corrected chi connectivity index (χ0v) is 9.78. The van der Waals surface area contributed by atoms with E-state index in [0.717, 1.165) is 18.5 Å². The molecule has 1 amide bonds. The lowest BCUT2D eigenvalue weighted by atomic mass is 10.2. The minimum absolute atomic E-state index is 0.232. The van der Waals surface area contributed by atoms with E-state index in [0.29, 0.717) is 16.7 Å². The fourth-order valence-electron chi connectivity index (χ4n) is 1.55. The summed E-state index contributed by atoms with van der Waals surface area (Å²) in [5, 5.41) is 5.10. The lowest BCUT2D eigenvalue weighted by Crippen LogP contribution is -2.14. The van der Waals surface area contributed by atoms with Crippen LogP contribution < -0.4 is 5.32 Å². The molecule has 2 aromatic rings. The number of anilines is 1. The van der Waals surface area contributed by atoms with Crippen LogP contribution in [0.5, 0.6) is 0 Å². The zero-order valence-electron chi connectivity index (χ0n) is 8.96. The van der Waals surface area contributed by atoms with Gasteiger partial charge in [-0.05, 0) is 18.9 Å². The number of amides is 1. The molecule has 6 heteroatoms. The van der Waals surface area contributed by atoms with Crippen molar-refractivity contribution in [2.24, 2.45) is 0 Å². The average Bonchev–Trinajstić information content (AvgIpc) is 3.09. The van der Waals surface area contributed by atoms with Crippen molar-refractivity contribution in [2.45, 2.75) is 18.8 Å². The van der Waals surface area contributed by atoms with E-state index in [1.54, 1.807) is 12.3 Å². The maximum atomic E-state index is 11.9. The van der Waals surface area contributed by atoms with Gasteiger partial charge in [0, 0.05) is 23.2 Å². The van der Waals surface area contributed by atoms with Crippen LogP contribution in [0.2, 0.25) is 0 Å². The van der Waals surface area contributed by atoms with Gasteiger partial charge in [0.2, 0.25) is 0 Å². The first-order chi connectivity index (χ1) is 8.33. The molecular formula is C11H10N4OS. The van der Waals surface area contributed by atoms with Crippen LogP contribution >= 0.6 is 11.3 Å². The monoisotopic (exact) mass is 246 g/mol. The maximum Gasteiger partial charge on any atom is 0.276 e. The summed E-state index contributed by atoms with van der Waals surface area (Å²) in [5.74, 6) is 0.286. The first-order valence-electron chi connectivity index (χ1n) is 5.36. The highest BCUT2D eigenvalue weighted by Gasteiger charge is 2.25. The van der Waals surface area contributed by atoms with Gasteiger partial charge in [0.1, 0.15) is 12.0 Å². The summed E-state index contributed by atoms with van der Waals surface area (Å²) in [6.07, 6.45) is 5.41. The van der Waals surface area contributed by atoms with Gasteiger partial charge >= 0.3 is 0 Å². The summed E-state index contributed by atoms with van der Waals surface area (Å²) >= 11 is 1.38. The summed E-state index contributed by atoms with van der Waals surface area (Å²) < 4.78 is 0. The Hall–Kier alpha value is -1.82. The average molecular weight is 246 g/mol. The molecule has 5 nitrogen and oxygen atoms in total. The van der Waals surface area contributed by atoms with E-state index in [1.165, 1.54) is 17.7 Å². The Morgan fingerprint density at radius 1 is 1.35 bits per heavy atom. The Kier molecular flexibility index (Phi) is 2.56. The Morgan fingerprint density at radius 3 is 2.94 bits per heavy atom. The van der Waals surface area contributed by atoms with Crippen LogP contribution in [0.15, 0.2) is 24.0 Å². The minimum Gasteiger partial charge on any atom is -0.296 e. The number of aromatic nitrogens is 3. The first-order valence-corrected chi connectivity index (χ1v) is 6.23. The van der Waals surface area contributed by atoms with Gasteiger partial charge in [0.05, 0.1) is 0 Å². The van der Waals surface area contributed by atoms with E-state index >= 15 is 0 Å². The number of nitrogens with zero attached hydrogens (tertiary/aromatic N) is 3. The number of carbonyl (C=O) groups excluding carboxylic acids is 1. The number of hydrogen-bond acceptors (Lipinski definition) is 5. The van der Waals surface area contributed by atoms with Gasteiger partial charge in [-0.2, -0.15) is 0 Å². The largest absolute Gasteiger partial charge is 0.296 e. The second kappa shape index (κ2) is 4.21. The molecule has 1 saturated carbocycles. The Labute approximate surface area is 102 Å². The molecule has 0 bridgehead atoms. The van der Waals surface area contributed by atoms with Crippen molar-refractivity contribution >= 4 is 22.4 Å². The quantitative estimate of drug-likeness (QED) is 0.900. The van der Waals surface area contributed by atoms with Gasteiger partial charge < -0.3 is 0 Å². The molecule has 0 radical (unpaired) electrons. The number of nitrogens with one attached hydrogen (secondary N) is 1. The predicted octanol–water partition coefficient (Wildman–Crippen LogP) is 2.06. The van der Waals surface area contributed by atoms with Crippen molar-refractivity contribution in [1.82, 2.24) is 15.0 Å². The number of carbonyl (C=O) groups is 1. The van der Waals surface area contributed by atoms with Crippen molar-refractivity contribution < 1.29 is 4.79 Å². The van der Waals surface area contributed by atoms with E-state index in [-0.39, 0.29) is 5.91 Å². The van der Waals surface area contributed by atoms with Crippen LogP contribution in [0.1, 0.15) is 34.9 Å². The fraction of sp³-hybridized carbons (Fsp3) is 0.273. The lowest BCUT2D eigenvalue weighted by Gasteiger charge is -2.02. The van der Waals surface area contributed by atoms with Crippen molar-refractivity contribution in [3.05, 3.63) is 35.4 Å². The van der Waals surface area contributed by atoms with Crippen molar-refractivity contribution in [3.8, 4) is 0 Å². The highest BCUT2D eigenvalue weighted by Crippen LogP contribution is 2.38. The van der Waals surface area contributed by atoms with Crippen LogP contribution in [-0.2, 0) is 0 Å². The Balaban J connectivity index is 1.78. The maximum absolute atomic E-state index is 11.9. The van der Waals surface area contributed by atoms with E-state index in [1.807, 2.05) is 5.38 Å². The molecule has 0 unspecified atom stereocenters. The van der Waals surface area contributed by atoms with E-state index in [2.05, 4.69) is 20.3 Å². The smallest absolute Gasteiger partial charge is 0.276 e. The summed E-state index contributed by atoms with van der Waals surface area (Å²) in [5.41, 5.74) is 1.36. The molecule has 1 aliphatic rings. The molecule has 3 rings (SSSR count). The number of rotatable bonds is 3. The molecule has 0 spiro atoms. The molecule has 86 valence electrons. The van der Waals surface area contributed by atoms with Crippen LogP contribution in [0.25, 0.3) is 0 Å². The molecule has 1 N–H and O–H groups in total. The molecule has 0 aliphatic heterocycles. The highest BCUT2D eigenvalue weighted by atomic mass is 32.1. The van der Waals surface area contributed by atoms with E-state index in [9.17, 15) is 4.79 Å². The SMILES string of the molecule is O=C(Nc1nccs1)c1cc(C2CC2)ncn1. The number of hydrogen-bond donors (Lipinski definition) is 1. The van der Waals surface area contributed by atoms with Gasteiger partial charge in [0.15, 0.2) is 5.13 Å². The second-order valence-corrected chi connectivity index (χ2v) is 4.79. The molecule has 2 aromatic heterocycles. The topological polar surface area (TPSA) is 67.8 Å². The third kappa shape index (κ3) is 2.31. The van der Waals surface area contributed by atoms with Crippen molar-refractivity contribution in [3.63, 3.8) is 0 Å². The van der Waals surface area contributed by atoms with Gasteiger partial charge in [0.25, 0.3) is 5.91 Å². The molecule has 1 fully saturated rings. The zero-order chi connectivity index (χ0) is 11.7. The normalized spacial score (nSPS) is 14.6. The standard InChI is InChI=1S/C11H10N4OS/c16-10(15-11-12-3-4-17-11)9-5-8(7-1-2-7)13-6-14-9/h3-7H,1-2H2,(H,12,15,16). The van der Waals surface area contributed by atoms with Gasteiger partial charge in [-0.15, -0.1) is 11.3 Å². The highest BCUT2D eigenvalue weighted by molar-refractivity contribution is 7.13. The molecule has 0 aromatic carbocycles. The third-order valence-corrected chi connectivity index (χ3v) is 3.26. The molecule has 17 heavy (non-hydrogen) atoms. The van der Waals surface area contributed by atoms with Crippen molar-refractivity contribution in [2.75, 3.05) is 5.32 Å². The van der Waals surface area contributed by atoms with Gasteiger partial charge in [-0.1, -0.05) is 0 Å². The Bertz CT molecular complexity index is 536. The summed E-state index contributed by atoms with van der Waals surface area (Å²) in [6.45, 7) is 0. The summed E-state index contributed by atoms with van der Waals surface area (Å²) in [7, 11) is 0. The first kappa shape index (κ1) is 10.3. The minimum atomic E-state index is -0.232. The molecule has 0 atom stereocenters. The van der Waals surface area contributed by atoms with Crippen LogP contribution in [0.4, 0.5) is 5.13 Å². The van der Waals surface area contributed by atoms with Crippen LogP contribution in [-0.4, -0.2) is 20.9 Å². The van der Waals surface area contributed by atoms with Gasteiger partial charge in [-0.25, -0.2) is 15.0 Å². The van der Waals surface area contributed by atoms with Crippen molar-refractivity contribution in [1.29, 1.82) is 0 Å². The van der Waals surface area contributed by atoms with Crippen LogP contribution in [0, 0.1) is 0 Å². The Morgan fingerprint density at radius 2 is 2.24 bits per heavy atom. The van der Waals surface area contributed by atoms with E-state index in [4.69, 9.17) is 0 Å². The second-order valence-electron chi connectivity index (χ2n) is 3.89. The van der Waals surface area contributed by atoms with E-state index < -0.39 is 0 Å². The molecule has 0 saturated heterocycles. The summed E-state index contributed by atoms with van der Waals surface area (Å²) in [6, 6.07) is 1.76. The predicted molar refractivity (Wildman–Crippen MR) is 64.1 cm³/mol. The molecule has 2 heterocycles.